The fourth-order valence-electron chi connectivity index (χ4n) is 1.14. The van der Waals surface area contributed by atoms with Gasteiger partial charge in [-0.2, -0.15) is 0 Å². The van der Waals surface area contributed by atoms with E-state index in [0.717, 1.165) is 13.2 Å². The number of nitrogens with two attached hydrogens (primary N) is 1. The molecule has 0 aliphatic carbocycles. The Morgan fingerprint density at radius 2 is 2.25 bits per heavy atom. The van der Waals surface area contributed by atoms with E-state index in [-0.39, 0.29) is 17.7 Å². The lowest BCUT2D eigenvalue weighted by atomic mass is 10.1. The molecule has 2 N–H and O–H groups in total. The molecule has 0 saturated carbocycles. The molecule has 7 heteroatoms. The van der Waals surface area contributed by atoms with E-state index in [0.29, 0.717) is 6.07 Å². The molecule has 1 aromatic carbocycles. The van der Waals surface area contributed by atoms with Gasteiger partial charge in [0.25, 0.3) is 5.69 Å². The van der Waals surface area contributed by atoms with Gasteiger partial charge in [0.1, 0.15) is 0 Å². The van der Waals surface area contributed by atoms with Crippen LogP contribution < -0.4 is 5.73 Å². The number of hydrogen-bond donors (Lipinski definition) is 1. The summed E-state index contributed by atoms with van der Waals surface area (Å²) in [5, 5.41) is 10.5. The van der Waals surface area contributed by atoms with Crippen molar-refractivity contribution < 1.29 is 18.8 Å². The van der Waals surface area contributed by atoms with Gasteiger partial charge in [-0.1, -0.05) is 0 Å². The van der Waals surface area contributed by atoms with Crippen LogP contribution in [0, 0.1) is 15.9 Å². The van der Waals surface area contributed by atoms with E-state index >= 15 is 0 Å². The molecule has 0 bridgehead atoms. The number of benzene rings is 1. The van der Waals surface area contributed by atoms with Crippen LogP contribution in [0.1, 0.15) is 5.56 Å². The van der Waals surface area contributed by atoms with Gasteiger partial charge >= 0.3 is 5.97 Å². The third-order valence-corrected chi connectivity index (χ3v) is 1.97. The lowest BCUT2D eigenvalue weighted by molar-refractivity contribution is -0.385. The Balaban J connectivity index is 3.16. The molecule has 0 amide bonds. The first-order chi connectivity index (χ1) is 7.45. The van der Waals surface area contributed by atoms with Crippen LogP contribution in [0.5, 0.6) is 0 Å². The molecule has 0 unspecified atom stereocenters. The molecular formula is C9H9FN2O4. The summed E-state index contributed by atoms with van der Waals surface area (Å²) >= 11 is 0. The average molecular weight is 228 g/mol. The van der Waals surface area contributed by atoms with E-state index in [1.54, 1.807) is 0 Å². The number of anilines is 1. The number of nitro benzene ring substituents is 1. The van der Waals surface area contributed by atoms with Gasteiger partial charge in [-0.05, 0) is 5.56 Å². The molecule has 0 radical (unpaired) electrons. The molecule has 86 valence electrons. The number of methoxy groups -OCH3 is 1. The number of carbonyl (C=O) groups excluding carboxylic acids is 1. The van der Waals surface area contributed by atoms with E-state index < -0.39 is 22.4 Å². The van der Waals surface area contributed by atoms with Gasteiger partial charge in [-0.3, -0.25) is 14.9 Å². The number of non-ortho nitro benzene ring substituents is 1. The van der Waals surface area contributed by atoms with Gasteiger partial charge in [0.05, 0.1) is 30.2 Å². The molecule has 0 fully saturated rings. The number of nitro groups is 1. The maximum absolute atomic E-state index is 13.2. The quantitative estimate of drug-likeness (QED) is 0.361. The molecule has 0 aliphatic rings. The van der Waals surface area contributed by atoms with Crippen molar-refractivity contribution in [1.29, 1.82) is 0 Å². The SMILES string of the molecule is COC(=O)Cc1cc([N+](=O)[O-])cc(F)c1N. The van der Waals surface area contributed by atoms with E-state index in [9.17, 15) is 19.3 Å². The van der Waals surface area contributed by atoms with Crippen molar-refractivity contribution in [2.24, 2.45) is 0 Å². The van der Waals surface area contributed by atoms with Crippen molar-refractivity contribution in [1.82, 2.24) is 0 Å². The Hall–Kier alpha value is -2.18. The first-order valence-corrected chi connectivity index (χ1v) is 4.24. The van der Waals surface area contributed by atoms with Crippen molar-refractivity contribution in [2.45, 2.75) is 6.42 Å². The molecular weight excluding hydrogens is 219 g/mol. The third-order valence-electron chi connectivity index (χ3n) is 1.97. The second-order valence-corrected chi connectivity index (χ2v) is 3.01. The fourth-order valence-corrected chi connectivity index (χ4v) is 1.14. The van der Waals surface area contributed by atoms with Crippen LogP contribution in [-0.4, -0.2) is 18.0 Å². The Labute approximate surface area is 90.0 Å². The number of carbonyl (C=O) groups is 1. The molecule has 0 aliphatic heterocycles. The molecule has 1 rings (SSSR count). The number of nitrogen functional groups attached to an aromatic ring is 1. The first kappa shape index (κ1) is 11.9. The highest BCUT2D eigenvalue weighted by molar-refractivity contribution is 5.75. The smallest absolute Gasteiger partial charge is 0.310 e. The topological polar surface area (TPSA) is 95.5 Å². The Morgan fingerprint density at radius 3 is 2.75 bits per heavy atom. The van der Waals surface area contributed by atoms with Crippen LogP contribution in [-0.2, 0) is 16.0 Å². The first-order valence-electron chi connectivity index (χ1n) is 4.24. The predicted octanol–water partition coefficient (Wildman–Crippen LogP) is 1.03. The molecule has 6 nitrogen and oxygen atoms in total. The summed E-state index contributed by atoms with van der Waals surface area (Å²) in [7, 11) is 1.16. The molecule has 0 spiro atoms. The highest BCUT2D eigenvalue weighted by Gasteiger charge is 2.16. The van der Waals surface area contributed by atoms with Gasteiger partial charge in [-0.15, -0.1) is 0 Å². The minimum atomic E-state index is -0.923. The number of ether oxygens (including phenoxy) is 1. The predicted molar refractivity (Wildman–Crippen MR) is 53.2 cm³/mol. The van der Waals surface area contributed by atoms with Gasteiger partial charge in [0.15, 0.2) is 5.82 Å². The standard InChI is InChI=1S/C9H9FN2O4/c1-16-8(13)3-5-2-6(12(14)15)4-7(10)9(5)11/h2,4H,3,11H2,1H3. The molecule has 0 atom stereocenters. The number of rotatable bonds is 3. The molecule has 16 heavy (non-hydrogen) atoms. The summed E-state index contributed by atoms with van der Waals surface area (Å²) < 4.78 is 17.5. The van der Waals surface area contributed by atoms with E-state index in [4.69, 9.17) is 5.73 Å². The molecule has 1 aromatic rings. The van der Waals surface area contributed by atoms with Crippen molar-refractivity contribution >= 4 is 17.3 Å². The summed E-state index contributed by atoms with van der Waals surface area (Å²) in [6, 6.07) is 1.76. The lowest BCUT2D eigenvalue weighted by Crippen LogP contribution is -2.08. The summed E-state index contributed by atoms with van der Waals surface area (Å²) in [5.41, 5.74) is 4.65. The Morgan fingerprint density at radius 1 is 1.62 bits per heavy atom. The van der Waals surface area contributed by atoms with Crippen LogP contribution in [0.3, 0.4) is 0 Å². The second-order valence-electron chi connectivity index (χ2n) is 3.01. The highest BCUT2D eigenvalue weighted by Crippen LogP contribution is 2.24. The van der Waals surface area contributed by atoms with Gasteiger partial charge in [-0.25, -0.2) is 4.39 Å². The van der Waals surface area contributed by atoms with Gasteiger partial charge < -0.3 is 10.5 Å². The maximum atomic E-state index is 13.2. The van der Waals surface area contributed by atoms with Gasteiger partial charge in [0.2, 0.25) is 0 Å². The zero-order valence-electron chi connectivity index (χ0n) is 8.40. The fraction of sp³-hybridized carbons (Fsp3) is 0.222. The number of halogens is 1. The van der Waals surface area contributed by atoms with Crippen LogP contribution in [0.2, 0.25) is 0 Å². The number of nitrogens with zero attached hydrogens (tertiary/aromatic N) is 1. The van der Waals surface area contributed by atoms with Crippen molar-refractivity contribution in [2.75, 3.05) is 12.8 Å². The summed E-state index contributed by atoms with van der Waals surface area (Å²) in [5.74, 6) is -1.57. The number of esters is 1. The molecule has 0 heterocycles. The Kier molecular flexibility index (Phi) is 3.39. The van der Waals surface area contributed by atoms with E-state index in [1.807, 2.05) is 0 Å². The van der Waals surface area contributed by atoms with E-state index in [1.165, 1.54) is 0 Å². The van der Waals surface area contributed by atoms with Crippen LogP contribution in [0.25, 0.3) is 0 Å². The zero-order chi connectivity index (χ0) is 12.3. The lowest BCUT2D eigenvalue weighted by Gasteiger charge is -2.05. The van der Waals surface area contributed by atoms with Crippen LogP contribution in [0.15, 0.2) is 12.1 Å². The summed E-state index contributed by atoms with van der Waals surface area (Å²) in [6.07, 6.45) is -0.305. The van der Waals surface area contributed by atoms with Crippen LogP contribution >= 0.6 is 0 Å². The second kappa shape index (κ2) is 4.56. The molecule has 0 aromatic heterocycles. The zero-order valence-corrected chi connectivity index (χ0v) is 8.40. The highest BCUT2D eigenvalue weighted by atomic mass is 19.1. The maximum Gasteiger partial charge on any atom is 0.310 e. The van der Waals surface area contributed by atoms with Crippen LogP contribution in [0.4, 0.5) is 15.8 Å². The largest absolute Gasteiger partial charge is 0.469 e. The minimum absolute atomic E-state index is 0.0403. The third kappa shape index (κ3) is 2.44. The van der Waals surface area contributed by atoms with E-state index in [2.05, 4.69) is 4.74 Å². The monoisotopic (exact) mass is 228 g/mol. The normalized spacial score (nSPS) is 9.88. The number of hydrogen-bond acceptors (Lipinski definition) is 5. The molecule has 0 saturated heterocycles. The summed E-state index contributed by atoms with van der Waals surface area (Å²) in [6.45, 7) is 0. The van der Waals surface area contributed by atoms with Crippen molar-refractivity contribution in [3.05, 3.63) is 33.6 Å². The van der Waals surface area contributed by atoms with Crippen molar-refractivity contribution in [3.8, 4) is 0 Å². The Bertz CT molecular complexity index is 447. The van der Waals surface area contributed by atoms with Crippen molar-refractivity contribution in [3.63, 3.8) is 0 Å². The minimum Gasteiger partial charge on any atom is -0.469 e. The average Bonchev–Trinajstić information content (AvgIpc) is 2.23. The summed E-state index contributed by atoms with van der Waals surface area (Å²) in [4.78, 5) is 20.6. The van der Waals surface area contributed by atoms with Gasteiger partial charge in [0, 0.05) is 6.07 Å².